The van der Waals surface area contributed by atoms with Gasteiger partial charge in [0.25, 0.3) is 0 Å². The third-order valence-corrected chi connectivity index (χ3v) is 4.79. The lowest BCUT2D eigenvalue weighted by atomic mass is 9.82. The zero-order valence-corrected chi connectivity index (χ0v) is 12.1. The molecule has 0 bridgehead atoms. The van der Waals surface area contributed by atoms with E-state index < -0.39 is 0 Å². The highest BCUT2D eigenvalue weighted by molar-refractivity contribution is 4.82. The van der Waals surface area contributed by atoms with Crippen molar-refractivity contribution in [3.05, 3.63) is 0 Å². The molecule has 2 atom stereocenters. The molecule has 0 spiro atoms. The number of ether oxygens (including phenoxy) is 1. The molecule has 2 aliphatic rings. The fraction of sp³-hybridized carbons (Fsp3) is 1.00. The van der Waals surface area contributed by atoms with Crippen molar-refractivity contribution < 1.29 is 4.74 Å². The third kappa shape index (κ3) is 4.55. The van der Waals surface area contributed by atoms with Crippen LogP contribution in [0.5, 0.6) is 0 Å². The summed E-state index contributed by atoms with van der Waals surface area (Å²) in [6, 6.07) is 0.801. The van der Waals surface area contributed by atoms with Gasteiger partial charge in [0.2, 0.25) is 0 Å². The minimum absolute atomic E-state index is 0.801. The average Bonchev–Trinajstić information content (AvgIpc) is 2.63. The molecule has 2 nitrogen and oxygen atoms in total. The summed E-state index contributed by atoms with van der Waals surface area (Å²) >= 11 is 0. The number of hydrogen-bond donors (Lipinski definition) is 1. The summed E-state index contributed by atoms with van der Waals surface area (Å²) in [5.74, 6) is 1.87. The molecule has 106 valence electrons. The van der Waals surface area contributed by atoms with Crippen molar-refractivity contribution in [2.75, 3.05) is 19.8 Å². The topological polar surface area (TPSA) is 21.3 Å². The number of hydrogen-bond acceptors (Lipinski definition) is 2. The van der Waals surface area contributed by atoms with E-state index in [1.54, 1.807) is 0 Å². The van der Waals surface area contributed by atoms with E-state index in [0.29, 0.717) is 0 Å². The minimum atomic E-state index is 0.801. The highest BCUT2D eigenvalue weighted by Gasteiger charge is 2.26. The molecule has 0 amide bonds. The van der Waals surface area contributed by atoms with Crippen LogP contribution in [0.3, 0.4) is 0 Å². The summed E-state index contributed by atoms with van der Waals surface area (Å²) in [5.41, 5.74) is 0. The Hall–Kier alpha value is -0.0800. The smallest absolute Gasteiger partial charge is 0.0468 e. The molecule has 1 aliphatic carbocycles. The molecule has 1 N–H and O–H groups in total. The zero-order chi connectivity index (χ0) is 12.6. The van der Waals surface area contributed by atoms with Gasteiger partial charge in [0.05, 0.1) is 0 Å². The van der Waals surface area contributed by atoms with Crippen LogP contribution in [0.2, 0.25) is 0 Å². The van der Waals surface area contributed by atoms with Crippen molar-refractivity contribution in [1.29, 1.82) is 0 Å². The van der Waals surface area contributed by atoms with Gasteiger partial charge in [-0.05, 0) is 56.9 Å². The second-order valence-electron chi connectivity index (χ2n) is 6.25. The maximum atomic E-state index is 5.49. The second kappa shape index (κ2) is 8.16. The van der Waals surface area contributed by atoms with Crippen LogP contribution in [0.25, 0.3) is 0 Å². The van der Waals surface area contributed by atoms with Crippen LogP contribution < -0.4 is 5.32 Å². The minimum Gasteiger partial charge on any atom is -0.381 e. The normalized spacial score (nSPS) is 31.2. The molecular formula is C16H31NO. The highest BCUT2D eigenvalue weighted by atomic mass is 16.5. The average molecular weight is 253 g/mol. The van der Waals surface area contributed by atoms with Crippen LogP contribution in [-0.4, -0.2) is 25.8 Å². The molecule has 0 aromatic rings. The summed E-state index contributed by atoms with van der Waals surface area (Å²) < 4.78 is 5.49. The van der Waals surface area contributed by atoms with Gasteiger partial charge < -0.3 is 10.1 Å². The predicted molar refractivity (Wildman–Crippen MR) is 76.8 cm³/mol. The maximum absolute atomic E-state index is 5.49. The fourth-order valence-corrected chi connectivity index (χ4v) is 3.68. The first-order valence-electron chi connectivity index (χ1n) is 8.21. The standard InChI is InChI=1S/C16H31NO/c1-2-10-17-16-7-5-3-4-6-15(16)13-14-8-11-18-12-9-14/h14-17H,2-13H2,1H3. The molecule has 0 aromatic carbocycles. The second-order valence-corrected chi connectivity index (χ2v) is 6.25. The van der Waals surface area contributed by atoms with Gasteiger partial charge in [0.1, 0.15) is 0 Å². The molecule has 1 heterocycles. The van der Waals surface area contributed by atoms with Gasteiger partial charge in [0, 0.05) is 19.3 Å². The summed E-state index contributed by atoms with van der Waals surface area (Å²) in [7, 11) is 0. The van der Waals surface area contributed by atoms with Gasteiger partial charge >= 0.3 is 0 Å². The molecule has 18 heavy (non-hydrogen) atoms. The van der Waals surface area contributed by atoms with Crippen molar-refractivity contribution >= 4 is 0 Å². The number of rotatable bonds is 5. The monoisotopic (exact) mass is 253 g/mol. The number of nitrogens with one attached hydrogen (secondary N) is 1. The van der Waals surface area contributed by atoms with Crippen molar-refractivity contribution in [2.24, 2.45) is 11.8 Å². The Bertz CT molecular complexity index is 213. The lowest BCUT2D eigenvalue weighted by molar-refractivity contribution is 0.0555. The van der Waals surface area contributed by atoms with Crippen LogP contribution >= 0.6 is 0 Å². The van der Waals surface area contributed by atoms with E-state index in [0.717, 1.165) is 31.1 Å². The van der Waals surface area contributed by atoms with Gasteiger partial charge in [-0.25, -0.2) is 0 Å². The summed E-state index contributed by atoms with van der Waals surface area (Å²) in [6.07, 6.45) is 12.5. The molecule has 0 aromatic heterocycles. The first-order valence-corrected chi connectivity index (χ1v) is 8.21. The van der Waals surface area contributed by atoms with Crippen LogP contribution in [0, 0.1) is 11.8 Å². The molecule has 1 saturated carbocycles. The van der Waals surface area contributed by atoms with E-state index >= 15 is 0 Å². The Morgan fingerprint density at radius 1 is 1.00 bits per heavy atom. The van der Waals surface area contributed by atoms with Gasteiger partial charge in [-0.1, -0.05) is 26.2 Å². The van der Waals surface area contributed by atoms with E-state index in [9.17, 15) is 0 Å². The summed E-state index contributed by atoms with van der Waals surface area (Å²) in [6.45, 7) is 5.49. The SMILES string of the molecule is CCCNC1CCCCCC1CC1CCOCC1. The van der Waals surface area contributed by atoms with Crippen molar-refractivity contribution in [3.63, 3.8) is 0 Å². The highest BCUT2D eigenvalue weighted by Crippen LogP contribution is 2.32. The van der Waals surface area contributed by atoms with Crippen LogP contribution in [0.15, 0.2) is 0 Å². The zero-order valence-electron chi connectivity index (χ0n) is 12.1. The molecule has 0 radical (unpaired) electrons. The van der Waals surface area contributed by atoms with Crippen LogP contribution in [0.1, 0.15) is 64.7 Å². The Morgan fingerprint density at radius 3 is 2.56 bits per heavy atom. The van der Waals surface area contributed by atoms with E-state index in [1.807, 2.05) is 0 Å². The Labute approximate surface area is 113 Å². The molecule has 2 heteroatoms. The van der Waals surface area contributed by atoms with Crippen LogP contribution in [0.4, 0.5) is 0 Å². The molecule has 1 aliphatic heterocycles. The largest absolute Gasteiger partial charge is 0.381 e. The Morgan fingerprint density at radius 2 is 1.78 bits per heavy atom. The Balaban J connectivity index is 1.83. The Kier molecular flexibility index (Phi) is 6.50. The molecule has 2 fully saturated rings. The quantitative estimate of drug-likeness (QED) is 0.753. The lowest BCUT2D eigenvalue weighted by Crippen LogP contribution is -2.37. The van der Waals surface area contributed by atoms with E-state index in [-0.39, 0.29) is 0 Å². The van der Waals surface area contributed by atoms with Gasteiger partial charge in [-0.3, -0.25) is 0 Å². The first-order chi connectivity index (χ1) is 8.90. The van der Waals surface area contributed by atoms with Gasteiger partial charge in [-0.15, -0.1) is 0 Å². The predicted octanol–water partition coefficient (Wildman–Crippen LogP) is 3.75. The summed E-state index contributed by atoms with van der Waals surface area (Å²) in [5, 5.41) is 3.82. The maximum Gasteiger partial charge on any atom is 0.0468 e. The summed E-state index contributed by atoms with van der Waals surface area (Å²) in [4.78, 5) is 0. The van der Waals surface area contributed by atoms with Crippen molar-refractivity contribution in [3.8, 4) is 0 Å². The molecule has 2 rings (SSSR count). The fourth-order valence-electron chi connectivity index (χ4n) is 3.68. The van der Waals surface area contributed by atoms with Crippen LogP contribution in [-0.2, 0) is 4.74 Å². The molecular weight excluding hydrogens is 222 g/mol. The van der Waals surface area contributed by atoms with Crippen molar-refractivity contribution in [1.82, 2.24) is 5.32 Å². The van der Waals surface area contributed by atoms with Gasteiger partial charge in [0.15, 0.2) is 0 Å². The third-order valence-electron chi connectivity index (χ3n) is 4.79. The molecule has 1 saturated heterocycles. The molecule has 2 unspecified atom stereocenters. The van der Waals surface area contributed by atoms with E-state index in [2.05, 4.69) is 12.2 Å². The first kappa shape index (κ1) is 14.3. The van der Waals surface area contributed by atoms with E-state index in [4.69, 9.17) is 4.74 Å². The van der Waals surface area contributed by atoms with Gasteiger partial charge in [-0.2, -0.15) is 0 Å². The van der Waals surface area contributed by atoms with E-state index in [1.165, 1.54) is 64.3 Å². The van der Waals surface area contributed by atoms with Crippen molar-refractivity contribution in [2.45, 2.75) is 70.8 Å². The lowest BCUT2D eigenvalue weighted by Gasteiger charge is -2.31.